The first-order chi connectivity index (χ1) is 61.1. The van der Waals surface area contributed by atoms with E-state index >= 15 is 0 Å². The number of nitrogens with two attached hydrogens (primary N) is 1. The number of imidazole rings is 1. The van der Waals surface area contributed by atoms with Crippen molar-refractivity contribution < 1.29 is 96.6 Å². The number of aromatic hydroxyl groups is 1. The van der Waals surface area contributed by atoms with Gasteiger partial charge in [0, 0.05) is 80.5 Å². The van der Waals surface area contributed by atoms with Crippen molar-refractivity contribution in [2.75, 3.05) is 73.4 Å². The SMILES string of the molecule is CCOC(=O)c1ncn2c1CN(C)C(=O)c1cc([18F])ccc1-2.COc1cc2c(cc1OC)C(=O)C(CC1CCN(Cc3ccc([18F])cc3)CC1)C2.CS(=O)(=O)c1ccc(-n2nc(C(F)(F)F)cc2-c2ccc([18F])cc2)cc1.Cc1ccc([18F])cc1.N[C@@H](Cc1ccc(O)cc1[18F])C(=O)O.O[C@@H]1CCN(Cc2ccc([18F])cc2)C[C@H]1N1CCC2(C=Cc3ccccc32)CC1. The van der Waals surface area contributed by atoms with E-state index in [0.717, 1.165) is 160 Å². The Balaban J connectivity index is 0.000000144. The summed E-state index contributed by atoms with van der Waals surface area (Å²) in [4.78, 5) is 60.5. The molecule has 5 N–H and O–H groups in total. The number of halogens is 9. The summed E-state index contributed by atoms with van der Waals surface area (Å²) in [6.45, 7) is 11.6. The molecule has 21 nitrogen and oxygen atoms in total. The molecule has 2 aromatic heterocycles. The number of aromatic nitrogens is 4. The van der Waals surface area contributed by atoms with Crippen molar-refractivity contribution in [2.45, 2.75) is 120 Å². The number of alkyl halides is 3. The first-order valence-corrected chi connectivity index (χ1v) is 43.6. The molecule has 128 heavy (non-hydrogen) atoms. The van der Waals surface area contributed by atoms with E-state index in [0.29, 0.717) is 34.4 Å². The Labute approximate surface area is 736 Å². The number of benzene rings is 9. The number of amides is 1. The number of esters is 1. The molecule has 31 heteroatoms. The number of sulfone groups is 1. The molecular weight excluding hydrogens is 1680 g/mol. The number of phenolic OH excluding ortho intramolecular Hbond substituents is 1. The number of carboxylic acids is 1. The second kappa shape index (κ2) is 42.1. The number of methoxy groups -OCH3 is 2. The lowest BCUT2D eigenvalue weighted by molar-refractivity contribution is -0.141. The Kier molecular flexibility index (Phi) is 31.2. The van der Waals surface area contributed by atoms with Crippen molar-refractivity contribution in [1.29, 1.82) is 0 Å². The quantitative estimate of drug-likeness (QED) is 0.0487. The van der Waals surface area contributed by atoms with E-state index in [1.54, 1.807) is 44.9 Å². The molecule has 4 aliphatic heterocycles. The number of hydrogen-bond acceptors (Lipinski definition) is 17. The maximum Gasteiger partial charge on any atom is 0.435 e. The molecular formula is C97H100F9N9O12S. The normalized spacial score (nSPS) is 17.3. The molecule has 1 spiro atoms. The number of Topliss-reactive ketones (excluding diaryl/α,β-unsaturated/α-hetero) is 1. The molecule has 0 bridgehead atoms. The molecule has 1 amide bonds. The molecule has 3 saturated heterocycles. The van der Waals surface area contributed by atoms with Gasteiger partial charge in [0.15, 0.2) is 38.5 Å². The van der Waals surface area contributed by atoms with E-state index < -0.39 is 57.1 Å². The number of aryl methyl sites for hydroxylation is 1. The molecule has 4 atom stereocenters. The number of fused-ring (bicyclic) bond motifs is 6. The minimum Gasteiger partial charge on any atom is -0.508 e. The van der Waals surface area contributed by atoms with E-state index in [1.807, 2.05) is 43.3 Å². The summed E-state index contributed by atoms with van der Waals surface area (Å²) < 4.78 is 159. The first-order valence-electron chi connectivity index (χ1n) is 41.7. The molecule has 1 unspecified atom stereocenters. The van der Waals surface area contributed by atoms with E-state index in [-0.39, 0.29) is 111 Å². The summed E-state index contributed by atoms with van der Waals surface area (Å²) in [7, 11) is 1.38. The summed E-state index contributed by atoms with van der Waals surface area (Å²) >= 11 is 0. The van der Waals surface area contributed by atoms with Crippen LogP contribution in [0.5, 0.6) is 17.2 Å². The fourth-order valence-electron chi connectivity index (χ4n) is 16.6. The van der Waals surface area contributed by atoms with E-state index in [4.69, 9.17) is 30.2 Å². The molecule has 3 fully saturated rings. The number of carboxylic acid groups (broad SMARTS) is 1. The summed E-state index contributed by atoms with van der Waals surface area (Å²) in [6, 6.07) is 50.1. The van der Waals surface area contributed by atoms with Crippen LogP contribution in [-0.2, 0) is 63.4 Å². The number of aliphatic hydroxyl groups excluding tert-OH is 1. The number of likely N-dealkylation sites (tertiary alicyclic amines) is 3. The topological polar surface area (TPSA) is 265 Å². The Bertz CT molecular complexity index is 5830. The lowest BCUT2D eigenvalue weighted by atomic mass is 9.74. The minimum absolute atomic E-state index is 0.0350. The monoisotopic (exact) mass is 1780 g/mol. The number of carbonyl (C=O) groups is 4. The lowest BCUT2D eigenvalue weighted by Crippen LogP contribution is -2.57. The zero-order chi connectivity index (χ0) is 91.9. The summed E-state index contributed by atoms with van der Waals surface area (Å²) in [5, 5.41) is 31.7. The molecule has 2 aliphatic carbocycles. The molecule has 9 aromatic carbocycles. The number of aliphatic carboxylic acids is 1. The average Bonchev–Trinajstić information content (AvgIpc) is 1.55. The summed E-state index contributed by atoms with van der Waals surface area (Å²) in [6.07, 6.45) is 9.13. The van der Waals surface area contributed by atoms with Gasteiger partial charge < -0.3 is 40.2 Å². The highest BCUT2D eigenvalue weighted by Crippen LogP contribution is 2.45. The Morgan fingerprint density at radius 2 is 1.27 bits per heavy atom. The lowest BCUT2D eigenvalue weighted by Gasteiger charge is -2.47. The second-order valence-corrected chi connectivity index (χ2v) is 34.4. The third kappa shape index (κ3) is 23.9. The van der Waals surface area contributed by atoms with Crippen molar-refractivity contribution in [3.8, 4) is 39.9 Å². The number of piperidine rings is 3. The molecule has 6 heterocycles. The number of ether oxygens (including phenoxy) is 3. The maximum atomic E-state index is 13.5. The van der Waals surface area contributed by atoms with Crippen LogP contribution in [0.3, 0.4) is 0 Å². The van der Waals surface area contributed by atoms with Crippen molar-refractivity contribution in [3.63, 3.8) is 0 Å². The number of ketones is 1. The molecule has 674 valence electrons. The van der Waals surface area contributed by atoms with Crippen LogP contribution in [0.15, 0.2) is 217 Å². The van der Waals surface area contributed by atoms with Gasteiger partial charge in [0.25, 0.3) is 5.91 Å². The number of hydrogen-bond donors (Lipinski definition) is 4. The Morgan fingerprint density at radius 3 is 1.86 bits per heavy atom. The largest absolute Gasteiger partial charge is 0.508 e. The van der Waals surface area contributed by atoms with E-state index in [1.165, 1.54) is 125 Å². The van der Waals surface area contributed by atoms with Gasteiger partial charge in [-0.25, -0.2) is 49.2 Å². The first kappa shape index (κ1) is 94.9. The van der Waals surface area contributed by atoms with Crippen LogP contribution in [0.4, 0.5) is 39.5 Å². The van der Waals surface area contributed by atoms with Gasteiger partial charge in [0.05, 0.1) is 66.7 Å². The molecule has 11 aromatic rings. The van der Waals surface area contributed by atoms with Crippen molar-refractivity contribution in [1.82, 2.24) is 38.9 Å². The Morgan fingerprint density at radius 1 is 0.688 bits per heavy atom. The van der Waals surface area contributed by atoms with Crippen LogP contribution in [0.25, 0.3) is 28.7 Å². The molecule has 0 radical (unpaired) electrons. The van der Waals surface area contributed by atoms with Gasteiger partial charge in [-0.15, -0.1) is 0 Å². The molecule has 6 aliphatic rings. The van der Waals surface area contributed by atoms with Gasteiger partial charge in [-0.05, 0) is 252 Å². The number of rotatable bonds is 17. The number of aliphatic hydroxyl groups is 1. The minimum atomic E-state index is -4.66. The van der Waals surface area contributed by atoms with Gasteiger partial charge in [0.1, 0.15) is 53.0 Å². The van der Waals surface area contributed by atoms with Crippen molar-refractivity contribution >= 4 is 39.5 Å². The van der Waals surface area contributed by atoms with Crippen LogP contribution >= 0.6 is 0 Å². The van der Waals surface area contributed by atoms with Crippen LogP contribution in [-0.4, -0.2) is 178 Å². The molecule has 0 saturated carbocycles. The van der Waals surface area contributed by atoms with E-state index in [9.17, 15) is 72.2 Å². The van der Waals surface area contributed by atoms with Crippen molar-refractivity contribution in [2.24, 2.45) is 17.6 Å². The number of phenols is 1. The van der Waals surface area contributed by atoms with Gasteiger partial charge in [-0.3, -0.25) is 33.7 Å². The highest BCUT2D eigenvalue weighted by atomic mass is 32.2. The van der Waals surface area contributed by atoms with Crippen LogP contribution in [0.2, 0.25) is 0 Å². The molecule has 17 rings (SSSR count). The highest BCUT2D eigenvalue weighted by molar-refractivity contribution is 7.90. The fraction of sp³-hybridized carbons (Fsp3) is 0.320. The predicted molar refractivity (Wildman–Crippen MR) is 465 cm³/mol. The fourth-order valence-corrected chi connectivity index (χ4v) is 17.2. The standard InChI is InChI=1S/C25H29FN2O.C24H28FNO3.C17H12F4N2O2S.C15H14FN3O3.C9H10FNO3.C7H7F/c26-21-7-5-19(6-8-21)17-27-14-10-24(29)23(18-27)28-15-12-25(13-16-28)11-9-20-3-1-2-4-22(20)25;1-28-22-13-18-12-19(24(27)21(18)14-23(22)29-2)11-16-7-9-26(10-8-16)15-17-3-5-20(25)6-4-17;1-26(24,25)14-8-6-13(7-9-14)23-15(10-16(22-23)17(19,20)21)11-2-4-12(18)5-3-11;1-3-22-15(21)13-12-7-18(2)14(20)10-6-9(16)4-5-11(10)19(12)8-17-13;10-7-4-6(12)2-1-5(7)3-8(11)9(13)14;1-6-2-4-7(8)5-3-6/h1-9,11,23-24,29H,10,12-18H2;3-6,13-14,16,19H,7-12,15H2,1-2H3;2-10H,1H3;4-6,8H,3,7H2,1-2H3;1-2,4,8,12H,3,11H2,(H,13,14);2-5H,1H3/t23-,24-;;;;8-;/m1...0./s1/i26-1;25-1;18-1;16-1;10-1;8-1. The van der Waals surface area contributed by atoms with Crippen molar-refractivity contribution in [3.05, 3.63) is 315 Å². The summed E-state index contributed by atoms with van der Waals surface area (Å²) in [5.74, 6) is -2.25. The van der Waals surface area contributed by atoms with Gasteiger partial charge in [-0.2, -0.15) is 18.3 Å². The maximum absolute atomic E-state index is 13.5. The second-order valence-electron chi connectivity index (χ2n) is 32.4. The van der Waals surface area contributed by atoms with Gasteiger partial charge >= 0.3 is 18.1 Å². The number of allylic oxidation sites excluding steroid dienone is 1. The zero-order valence-corrected chi connectivity index (χ0v) is 72.2. The van der Waals surface area contributed by atoms with Gasteiger partial charge in [-0.1, -0.05) is 84.4 Å². The van der Waals surface area contributed by atoms with Crippen LogP contribution in [0.1, 0.15) is 127 Å². The number of nitrogens with zero attached hydrogens (tertiary/aromatic N) is 8. The Hall–Kier alpha value is -12.3. The summed E-state index contributed by atoms with van der Waals surface area (Å²) in [5.41, 5.74) is 14.7. The zero-order valence-electron chi connectivity index (χ0n) is 71.4. The third-order valence-corrected chi connectivity index (χ3v) is 24.6. The van der Waals surface area contributed by atoms with Crippen LogP contribution < -0.4 is 15.2 Å². The highest BCUT2D eigenvalue weighted by Gasteiger charge is 2.43. The average molecular weight is 1780 g/mol. The van der Waals surface area contributed by atoms with Gasteiger partial charge in [0.2, 0.25) is 0 Å². The van der Waals surface area contributed by atoms with E-state index in [2.05, 4.69) is 61.2 Å². The smallest absolute Gasteiger partial charge is 0.435 e. The predicted octanol–water partition coefficient (Wildman–Crippen LogP) is 16.8. The third-order valence-electron chi connectivity index (χ3n) is 23.5. The number of carbonyl (C=O) groups excluding carboxylic acids is 3. The van der Waals surface area contributed by atoms with Crippen LogP contribution in [0, 0.1) is 53.7 Å².